The van der Waals surface area contributed by atoms with Crippen molar-refractivity contribution in [1.29, 1.82) is 0 Å². The van der Waals surface area contributed by atoms with Gasteiger partial charge in [-0.3, -0.25) is 0 Å². The number of nitrogens with one attached hydrogen (secondary N) is 2. The van der Waals surface area contributed by atoms with E-state index in [0.717, 1.165) is 26.1 Å². The lowest BCUT2D eigenvalue weighted by molar-refractivity contribution is -0.0261. The average molecular weight is 293 g/mol. The molecule has 0 aliphatic carbocycles. The minimum absolute atomic E-state index is 0.400. The van der Waals surface area contributed by atoms with E-state index in [-0.39, 0.29) is 0 Å². The second-order valence-electron chi connectivity index (χ2n) is 5.74. The van der Waals surface area contributed by atoms with Gasteiger partial charge in [0.25, 0.3) is 0 Å². The zero-order valence-electron chi connectivity index (χ0n) is 12.8. The number of aliphatic hydroxyl groups is 1. The van der Waals surface area contributed by atoms with Crippen LogP contribution >= 0.6 is 0 Å². The largest absolute Gasteiger partial charge is 0.385 e. The Morgan fingerprint density at radius 1 is 1.38 bits per heavy atom. The average Bonchev–Trinajstić information content (AvgIpc) is 2.73. The summed E-state index contributed by atoms with van der Waals surface area (Å²) < 4.78 is 5.40. The number of hydrogen-bond donors (Lipinski definition) is 3. The maximum Gasteiger partial charge on any atom is 0.113 e. The Hall–Kier alpha value is -1.14. The third-order valence-electron chi connectivity index (χ3n) is 3.75. The Balaban J connectivity index is 1.61. The van der Waals surface area contributed by atoms with E-state index in [0.29, 0.717) is 26.3 Å². The Bertz CT molecular complexity index is 392. The summed E-state index contributed by atoms with van der Waals surface area (Å²) in [6.07, 6.45) is 1.04. The van der Waals surface area contributed by atoms with Crippen LogP contribution in [0, 0.1) is 0 Å². The third kappa shape index (κ3) is 5.63. The van der Waals surface area contributed by atoms with Gasteiger partial charge in [-0.1, -0.05) is 18.2 Å². The predicted octanol–water partition coefficient (Wildman–Crippen LogP) is 0.453. The van der Waals surface area contributed by atoms with Gasteiger partial charge in [0.15, 0.2) is 0 Å². The first-order chi connectivity index (χ1) is 10.2. The molecular weight excluding hydrogens is 266 g/mol. The summed E-state index contributed by atoms with van der Waals surface area (Å²) in [5.41, 5.74) is 0.444. The highest BCUT2D eigenvalue weighted by Gasteiger charge is 2.28. The normalized spacial score (nSPS) is 22.8. The monoisotopic (exact) mass is 293 g/mol. The molecule has 1 aliphatic rings. The maximum atomic E-state index is 10.4. The van der Waals surface area contributed by atoms with Crippen LogP contribution in [0.1, 0.15) is 6.42 Å². The van der Waals surface area contributed by atoms with Gasteiger partial charge >= 0.3 is 0 Å². The predicted molar refractivity (Wildman–Crippen MR) is 85.8 cm³/mol. The molecule has 21 heavy (non-hydrogen) atoms. The molecule has 1 saturated heterocycles. The molecule has 1 aliphatic heterocycles. The molecule has 1 heterocycles. The second kappa shape index (κ2) is 8.34. The number of anilines is 1. The smallest absolute Gasteiger partial charge is 0.113 e. The highest BCUT2D eigenvalue weighted by Crippen LogP contribution is 2.10. The molecule has 3 N–H and O–H groups in total. The van der Waals surface area contributed by atoms with E-state index in [9.17, 15) is 5.11 Å². The van der Waals surface area contributed by atoms with E-state index in [1.54, 1.807) is 0 Å². The molecular formula is C16H27N3O2. The number of ether oxygens (including phenoxy) is 1. The van der Waals surface area contributed by atoms with Crippen molar-refractivity contribution in [3.05, 3.63) is 30.3 Å². The lowest BCUT2D eigenvalue weighted by Crippen LogP contribution is -2.50. The van der Waals surface area contributed by atoms with Gasteiger partial charge < -0.3 is 25.4 Å². The molecule has 1 aromatic carbocycles. The lowest BCUT2D eigenvalue weighted by atomic mass is 10.1. The van der Waals surface area contributed by atoms with Crippen molar-refractivity contribution in [2.24, 2.45) is 0 Å². The molecule has 5 heteroatoms. The van der Waals surface area contributed by atoms with Crippen molar-refractivity contribution < 1.29 is 9.84 Å². The minimum atomic E-state index is -0.790. The number of para-hydroxylation sites is 1. The Labute approximate surface area is 127 Å². The van der Waals surface area contributed by atoms with Crippen LogP contribution in [0.2, 0.25) is 0 Å². The molecule has 1 atom stereocenters. The van der Waals surface area contributed by atoms with Crippen LogP contribution in [-0.4, -0.2) is 63.7 Å². The van der Waals surface area contributed by atoms with Gasteiger partial charge in [-0.25, -0.2) is 0 Å². The molecule has 0 unspecified atom stereocenters. The number of hydrogen-bond acceptors (Lipinski definition) is 5. The van der Waals surface area contributed by atoms with Crippen molar-refractivity contribution in [2.75, 3.05) is 57.9 Å². The molecule has 0 spiro atoms. The number of β-amino-alcohol motifs (C(OH)–C–C–N with tert-alkyl or cyclic N) is 1. The van der Waals surface area contributed by atoms with E-state index in [1.807, 2.05) is 6.07 Å². The minimum Gasteiger partial charge on any atom is -0.385 e. The van der Waals surface area contributed by atoms with Crippen LogP contribution in [0.4, 0.5) is 5.69 Å². The summed E-state index contributed by atoms with van der Waals surface area (Å²) in [5, 5.41) is 16.9. The summed E-state index contributed by atoms with van der Waals surface area (Å²) in [6, 6.07) is 10.4. The van der Waals surface area contributed by atoms with Gasteiger partial charge in [-0.2, -0.15) is 0 Å². The van der Waals surface area contributed by atoms with Gasteiger partial charge in [0.05, 0.1) is 13.2 Å². The summed E-state index contributed by atoms with van der Waals surface area (Å²) in [7, 11) is 2.10. The van der Waals surface area contributed by atoms with E-state index in [4.69, 9.17) is 4.74 Å². The fourth-order valence-corrected chi connectivity index (χ4v) is 2.47. The van der Waals surface area contributed by atoms with Crippen LogP contribution in [0.5, 0.6) is 0 Å². The van der Waals surface area contributed by atoms with Gasteiger partial charge in [0.1, 0.15) is 5.60 Å². The van der Waals surface area contributed by atoms with Gasteiger partial charge in [0, 0.05) is 38.9 Å². The summed E-state index contributed by atoms with van der Waals surface area (Å²) in [5.74, 6) is 0. The van der Waals surface area contributed by atoms with E-state index in [2.05, 4.69) is 46.8 Å². The SMILES string of the molecule is CN(CCCNC[C@]1(O)CNCCOC1)c1ccccc1. The van der Waals surface area contributed by atoms with Crippen LogP contribution in [0.15, 0.2) is 30.3 Å². The fourth-order valence-electron chi connectivity index (χ4n) is 2.47. The fraction of sp³-hybridized carbons (Fsp3) is 0.625. The quantitative estimate of drug-likeness (QED) is 0.638. The van der Waals surface area contributed by atoms with Crippen LogP contribution < -0.4 is 15.5 Å². The van der Waals surface area contributed by atoms with Gasteiger partial charge in [0.2, 0.25) is 0 Å². The van der Waals surface area contributed by atoms with Crippen molar-refractivity contribution in [3.8, 4) is 0 Å². The first-order valence-corrected chi connectivity index (χ1v) is 7.67. The zero-order chi connectivity index (χ0) is 15.0. The van der Waals surface area contributed by atoms with E-state index in [1.165, 1.54) is 5.69 Å². The highest BCUT2D eigenvalue weighted by atomic mass is 16.5. The zero-order valence-corrected chi connectivity index (χ0v) is 12.8. The van der Waals surface area contributed by atoms with Crippen molar-refractivity contribution in [3.63, 3.8) is 0 Å². The van der Waals surface area contributed by atoms with Crippen LogP contribution in [0.3, 0.4) is 0 Å². The molecule has 0 saturated carbocycles. The Morgan fingerprint density at radius 2 is 2.19 bits per heavy atom. The molecule has 1 aromatic rings. The Morgan fingerprint density at radius 3 is 3.00 bits per heavy atom. The lowest BCUT2D eigenvalue weighted by Gasteiger charge is -2.26. The Kier molecular flexibility index (Phi) is 6.45. The number of benzene rings is 1. The van der Waals surface area contributed by atoms with Crippen LogP contribution in [-0.2, 0) is 4.74 Å². The molecule has 0 amide bonds. The first-order valence-electron chi connectivity index (χ1n) is 7.67. The summed E-state index contributed by atoms with van der Waals surface area (Å²) in [6.45, 7) is 4.91. The van der Waals surface area contributed by atoms with Crippen molar-refractivity contribution >= 4 is 5.69 Å². The number of nitrogens with zero attached hydrogens (tertiary/aromatic N) is 1. The molecule has 0 bridgehead atoms. The molecule has 118 valence electrons. The molecule has 0 aromatic heterocycles. The van der Waals surface area contributed by atoms with Gasteiger partial charge in [-0.15, -0.1) is 0 Å². The summed E-state index contributed by atoms with van der Waals surface area (Å²) >= 11 is 0. The number of rotatable bonds is 7. The van der Waals surface area contributed by atoms with E-state index >= 15 is 0 Å². The molecule has 1 fully saturated rings. The highest BCUT2D eigenvalue weighted by molar-refractivity contribution is 5.44. The maximum absolute atomic E-state index is 10.4. The first kappa shape index (κ1) is 16.2. The summed E-state index contributed by atoms with van der Waals surface area (Å²) in [4.78, 5) is 2.24. The molecule has 5 nitrogen and oxygen atoms in total. The van der Waals surface area contributed by atoms with Crippen molar-refractivity contribution in [1.82, 2.24) is 10.6 Å². The van der Waals surface area contributed by atoms with Crippen molar-refractivity contribution in [2.45, 2.75) is 12.0 Å². The van der Waals surface area contributed by atoms with E-state index < -0.39 is 5.60 Å². The third-order valence-corrected chi connectivity index (χ3v) is 3.75. The molecule has 2 rings (SSSR count). The topological polar surface area (TPSA) is 56.8 Å². The molecule has 0 radical (unpaired) electrons. The van der Waals surface area contributed by atoms with Gasteiger partial charge in [-0.05, 0) is 25.1 Å². The second-order valence-corrected chi connectivity index (χ2v) is 5.74. The standard InChI is InChI=1S/C16H27N3O2/c1-19(15-6-3-2-4-7-15)10-5-8-17-12-16(20)13-18-9-11-21-14-16/h2-4,6-7,17-18,20H,5,8-14H2,1H3/t16-/m0/s1. The van der Waals surface area contributed by atoms with Crippen LogP contribution in [0.25, 0.3) is 0 Å².